The molecule has 0 saturated heterocycles. The Morgan fingerprint density at radius 2 is 1.86 bits per heavy atom. The quantitative estimate of drug-likeness (QED) is 0.879. The first-order valence-electron chi connectivity index (χ1n) is 6.67. The number of hydrogen-bond acceptors (Lipinski definition) is 3. The molecule has 2 rings (SSSR count). The van der Waals surface area contributed by atoms with Gasteiger partial charge in [-0.15, -0.1) is 0 Å². The lowest BCUT2D eigenvalue weighted by atomic mass is 10.2. The third kappa shape index (κ3) is 4.44. The lowest BCUT2D eigenvalue weighted by Crippen LogP contribution is -2.12. The molecule has 0 fully saturated rings. The van der Waals surface area contributed by atoms with E-state index in [1.165, 1.54) is 24.3 Å². The summed E-state index contributed by atoms with van der Waals surface area (Å²) in [6, 6.07) is 12.5. The summed E-state index contributed by atoms with van der Waals surface area (Å²) in [6.45, 7) is -0.489. The van der Waals surface area contributed by atoms with Crippen molar-refractivity contribution in [3.05, 3.63) is 54.1 Å². The van der Waals surface area contributed by atoms with Crippen molar-refractivity contribution >= 4 is 11.6 Å². The van der Waals surface area contributed by atoms with Gasteiger partial charge in [-0.3, -0.25) is 4.79 Å². The Balaban J connectivity index is 2.05. The standard InChI is InChI=1S/C16H15F2NO3/c1-2-21-13-8-6-12(7-9-13)19-15(20)11-4-3-5-14(10-11)22-16(17)18/h3-10,16H,2H2,1H3,(H,19,20). The van der Waals surface area contributed by atoms with Crippen LogP contribution in [0.15, 0.2) is 48.5 Å². The number of ether oxygens (including phenoxy) is 2. The molecule has 116 valence electrons. The van der Waals surface area contributed by atoms with Gasteiger partial charge in [0.1, 0.15) is 11.5 Å². The smallest absolute Gasteiger partial charge is 0.387 e. The number of alkyl halides is 2. The van der Waals surface area contributed by atoms with E-state index >= 15 is 0 Å². The zero-order valence-electron chi connectivity index (χ0n) is 11.9. The third-order valence-corrected chi connectivity index (χ3v) is 2.74. The Labute approximate surface area is 126 Å². The molecule has 6 heteroatoms. The van der Waals surface area contributed by atoms with Crippen LogP contribution in [0.25, 0.3) is 0 Å². The maximum absolute atomic E-state index is 12.2. The van der Waals surface area contributed by atoms with E-state index in [0.717, 1.165) is 0 Å². The second-order valence-electron chi connectivity index (χ2n) is 4.32. The zero-order chi connectivity index (χ0) is 15.9. The van der Waals surface area contributed by atoms with Crippen molar-refractivity contribution in [1.82, 2.24) is 0 Å². The van der Waals surface area contributed by atoms with Gasteiger partial charge in [-0.05, 0) is 49.4 Å². The molecule has 0 aliphatic rings. The van der Waals surface area contributed by atoms with Gasteiger partial charge in [0.05, 0.1) is 6.61 Å². The van der Waals surface area contributed by atoms with Crippen LogP contribution in [0.1, 0.15) is 17.3 Å². The highest BCUT2D eigenvalue weighted by Crippen LogP contribution is 2.19. The number of amides is 1. The van der Waals surface area contributed by atoms with Crippen LogP contribution in [0.2, 0.25) is 0 Å². The van der Waals surface area contributed by atoms with Gasteiger partial charge in [-0.2, -0.15) is 8.78 Å². The predicted molar refractivity (Wildman–Crippen MR) is 78.6 cm³/mol. The first-order chi connectivity index (χ1) is 10.6. The summed E-state index contributed by atoms with van der Waals surface area (Å²) in [7, 11) is 0. The van der Waals surface area contributed by atoms with E-state index in [0.29, 0.717) is 18.0 Å². The Bertz CT molecular complexity index is 630. The highest BCUT2D eigenvalue weighted by Gasteiger charge is 2.10. The van der Waals surface area contributed by atoms with Gasteiger partial charge in [0.25, 0.3) is 5.91 Å². The molecule has 0 bridgehead atoms. The third-order valence-electron chi connectivity index (χ3n) is 2.74. The molecule has 0 heterocycles. The molecule has 0 saturated carbocycles. The van der Waals surface area contributed by atoms with E-state index < -0.39 is 12.5 Å². The number of hydrogen-bond donors (Lipinski definition) is 1. The van der Waals surface area contributed by atoms with Crippen molar-refractivity contribution in [1.29, 1.82) is 0 Å². The molecule has 2 aromatic rings. The van der Waals surface area contributed by atoms with Gasteiger partial charge in [0.2, 0.25) is 0 Å². The molecule has 0 spiro atoms. The van der Waals surface area contributed by atoms with Gasteiger partial charge in [-0.1, -0.05) is 6.07 Å². The summed E-state index contributed by atoms with van der Waals surface area (Å²) < 4.78 is 33.9. The molecule has 0 aliphatic heterocycles. The molecule has 1 N–H and O–H groups in total. The number of anilines is 1. The largest absolute Gasteiger partial charge is 0.494 e. The Morgan fingerprint density at radius 1 is 1.14 bits per heavy atom. The highest BCUT2D eigenvalue weighted by atomic mass is 19.3. The normalized spacial score (nSPS) is 10.4. The van der Waals surface area contributed by atoms with Gasteiger partial charge >= 0.3 is 6.61 Å². The minimum atomic E-state index is -2.93. The molecular weight excluding hydrogens is 292 g/mol. The summed E-state index contributed by atoms with van der Waals surface area (Å²) in [4.78, 5) is 12.1. The Hall–Kier alpha value is -2.63. The van der Waals surface area contributed by atoms with Gasteiger partial charge in [0, 0.05) is 11.3 Å². The first-order valence-corrected chi connectivity index (χ1v) is 6.67. The second kappa shape index (κ2) is 7.40. The van der Waals surface area contributed by atoms with Crippen LogP contribution in [0.5, 0.6) is 11.5 Å². The number of rotatable bonds is 6. The number of nitrogens with one attached hydrogen (secondary N) is 1. The van der Waals surface area contributed by atoms with Crippen molar-refractivity contribution < 1.29 is 23.0 Å². The van der Waals surface area contributed by atoms with Crippen molar-refractivity contribution in [3.8, 4) is 11.5 Å². The molecular formula is C16H15F2NO3. The van der Waals surface area contributed by atoms with Crippen molar-refractivity contribution in [2.45, 2.75) is 13.5 Å². The summed E-state index contributed by atoms with van der Waals surface area (Å²) in [5, 5.41) is 2.67. The molecule has 0 atom stereocenters. The van der Waals surface area contributed by atoms with Gasteiger partial charge in [0.15, 0.2) is 0 Å². The van der Waals surface area contributed by atoms with Crippen LogP contribution in [0.3, 0.4) is 0 Å². The van der Waals surface area contributed by atoms with Crippen LogP contribution in [0.4, 0.5) is 14.5 Å². The average Bonchev–Trinajstić information content (AvgIpc) is 2.49. The van der Waals surface area contributed by atoms with Crippen LogP contribution in [-0.2, 0) is 0 Å². The molecule has 1 amide bonds. The maximum Gasteiger partial charge on any atom is 0.387 e. The molecule has 22 heavy (non-hydrogen) atoms. The lowest BCUT2D eigenvalue weighted by molar-refractivity contribution is -0.0498. The van der Waals surface area contributed by atoms with Gasteiger partial charge in [-0.25, -0.2) is 0 Å². The van der Waals surface area contributed by atoms with Crippen molar-refractivity contribution in [2.75, 3.05) is 11.9 Å². The minimum absolute atomic E-state index is 0.0608. The van der Waals surface area contributed by atoms with E-state index in [2.05, 4.69) is 10.1 Å². The highest BCUT2D eigenvalue weighted by molar-refractivity contribution is 6.04. The van der Waals surface area contributed by atoms with E-state index in [1.54, 1.807) is 24.3 Å². The zero-order valence-corrected chi connectivity index (χ0v) is 11.9. The molecule has 0 radical (unpaired) electrons. The number of carbonyl (C=O) groups is 1. The van der Waals surface area contributed by atoms with Crippen molar-refractivity contribution in [2.24, 2.45) is 0 Å². The fourth-order valence-electron chi connectivity index (χ4n) is 1.82. The van der Waals surface area contributed by atoms with E-state index in [-0.39, 0.29) is 11.3 Å². The van der Waals surface area contributed by atoms with Crippen molar-refractivity contribution in [3.63, 3.8) is 0 Å². The lowest BCUT2D eigenvalue weighted by Gasteiger charge is -2.09. The molecule has 0 aliphatic carbocycles. The summed E-state index contributed by atoms with van der Waals surface area (Å²) >= 11 is 0. The van der Waals surface area contributed by atoms with Crippen LogP contribution in [-0.4, -0.2) is 19.1 Å². The summed E-state index contributed by atoms with van der Waals surface area (Å²) in [6.07, 6.45) is 0. The predicted octanol–water partition coefficient (Wildman–Crippen LogP) is 3.94. The topological polar surface area (TPSA) is 47.6 Å². The maximum atomic E-state index is 12.2. The molecule has 2 aromatic carbocycles. The minimum Gasteiger partial charge on any atom is -0.494 e. The van der Waals surface area contributed by atoms with Crippen LogP contribution in [0, 0.1) is 0 Å². The number of carbonyl (C=O) groups excluding carboxylic acids is 1. The Kier molecular flexibility index (Phi) is 5.30. The van der Waals surface area contributed by atoms with E-state index in [9.17, 15) is 13.6 Å². The fraction of sp³-hybridized carbons (Fsp3) is 0.188. The fourth-order valence-corrected chi connectivity index (χ4v) is 1.82. The molecule has 4 nitrogen and oxygen atoms in total. The SMILES string of the molecule is CCOc1ccc(NC(=O)c2cccc(OC(F)F)c2)cc1. The average molecular weight is 307 g/mol. The molecule has 0 aromatic heterocycles. The number of benzene rings is 2. The Morgan fingerprint density at radius 3 is 2.50 bits per heavy atom. The summed E-state index contributed by atoms with van der Waals surface area (Å²) in [5.74, 6) is 0.228. The van der Waals surface area contributed by atoms with E-state index in [1.807, 2.05) is 6.92 Å². The van der Waals surface area contributed by atoms with E-state index in [4.69, 9.17) is 4.74 Å². The second-order valence-corrected chi connectivity index (χ2v) is 4.32. The van der Waals surface area contributed by atoms with Gasteiger partial charge < -0.3 is 14.8 Å². The van der Waals surface area contributed by atoms with Crippen LogP contribution < -0.4 is 14.8 Å². The number of halogens is 2. The molecule has 0 unspecified atom stereocenters. The monoisotopic (exact) mass is 307 g/mol. The summed E-state index contributed by atoms with van der Waals surface area (Å²) in [5.41, 5.74) is 0.806. The first kappa shape index (κ1) is 15.8. The van der Waals surface area contributed by atoms with Crippen LogP contribution >= 0.6 is 0 Å².